The quantitative estimate of drug-likeness (QED) is 0.616. The lowest BCUT2D eigenvalue weighted by Crippen LogP contribution is -2.46. The van der Waals surface area contributed by atoms with Crippen LogP contribution in [-0.2, 0) is 14.3 Å². The molecule has 21 heavy (non-hydrogen) atoms. The number of piperidine rings is 1. The number of hydrogen-bond donors (Lipinski definition) is 0. The van der Waals surface area contributed by atoms with Crippen LogP contribution >= 0.6 is 15.9 Å². The lowest BCUT2D eigenvalue weighted by molar-refractivity contribution is -0.153. The van der Waals surface area contributed by atoms with Gasteiger partial charge in [0.15, 0.2) is 5.78 Å². The first kappa shape index (κ1) is 15.7. The topological polar surface area (TPSA) is 63.7 Å². The Morgan fingerprint density at radius 2 is 2.19 bits per heavy atom. The molecule has 1 saturated heterocycles. The fourth-order valence-corrected chi connectivity index (χ4v) is 2.69. The lowest BCUT2D eigenvalue weighted by atomic mass is 9.95. The number of carbonyl (C=O) groups is 3. The molecule has 1 amide bonds. The van der Waals surface area contributed by atoms with Gasteiger partial charge in [0.05, 0.1) is 13.2 Å². The van der Waals surface area contributed by atoms with Crippen LogP contribution in [0, 0.1) is 5.92 Å². The van der Waals surface area contributed by atoms with Crippen LogP contribution in [0.5, 0.6) is 0 Å². The summed E-state index contributed by atoms with van der Waals surface area (Å²) in [6, 6.07) is 7.01. The van der Waals surface area contributed by atoms with Crippen LogP contribution in [0.15, 0.2) is 28.7 Å². The van der Waals surface area contributed by atoms with Gasteiger partial charge in [-0.05, 0) is 31.5 Å². The molecule has 1 atom stereocenters. The standard InChI is InChI=1S/C15H16BrNO4/c1-2-21-15(20)12-6-7-17(9-13(12)18)14(19)10-4-3-5-11(16)8-10/h3-5,8,12H,2,6-7,9H2,1H3. The number of benzene rings is 1. The molecule has 6 heteroatoms. The second-order valence-corrected chi connectivity index (χ2v) is 5.71. The fourth-order valence-electron chi connectivity index (χ4n) is 2.29. The third-order valence-electron chi connectivity index (χ3n) is 3.35. The molecule has 0 saturated carbocycles. The molecule has 5 nitrogen and oxygen atoms in total. The number of halogens is 1. The molecule has 0 N–H and O–H groups in total. The molecule has 1 aromatic rings. The van der Waals surface area contributed by atoms with Gasteiger partial charge >= 0.3 is 5.97 Å². The predicted octanol–water partition coefficient (Wildman–Crippen LogP) is 2.04. The number of carbonyl (C=O) groups excluding carboxylic acids is 3. The first-order valence-electron chi connectivity index (χ1n) is 6.77. The van der Waals surface area contributed by atoms with Gasteiger partial charge in [-0.1, -0.05) is 22.0 Å². The number of esters is 1. The summed E-state index contributed by atoms with van der Waals surface area (Å²) >= 11 is 3.31. The number of Topliss-reactive ketones (excluding diaryl/α,β-unsaturated/α-hetero) is 1. The Kier molecular flexibility index (Phi) is 5.12. The van der Waals surface area contributed by atoms with Crippen molar-refractivity contribution in [2.45, 2.75) is 13.3 Å². The van der Waals surface area contributed by atoms with Crippen LogP contribution in [0.2, 0.25) is 0 Å². The van der Waals surface area contributed by atoms with Gasteiger partial charge in [0.25, 0.3) is 5.91 Å². The fraction of sp³-hybridized carbons (Fsp3) is 0.400. The highest BCUT2D eigenvalue weighted by atomic mass is 79.9. The molecule has 0 aromatic heterocycles. The van der Waals surface area contributed by atoms with Crippen LogP contribution in [0.3, 0.4) is 0 Å². The summed E-state index contributed by atoms with van der Waals surface area (Å²) in [5.41, 5.74) is 0.520. The van der Waals surface area contributed by atoms with Gasteiger partial charge in [0.1, 0.15) is 5.92 Å². The zero-order valence-electron chi connectivity index (χ0n) is 11.7. The third-order valence-corrected chi connectivity index (χ3v) is 3.85. The highest BCUT2D eigenvalue weighted by Crippen LogP contribution is 2.19. The molecule has 1 aliphatic heterocycles. The molecular formula is C15H16BrNO4. The summed E-state index contributed by atoms with van der Waals surface area (Å²) < 4.78 is 5.69. The van der Waals surface area contributed by atoms with E-state index in [1.807, 2.05) is 6.07 Å². The smallest absolute Gasteiger partial charge is 0.316 e. The monoisotopic (exact) mass is 353 g/mol. The first-order valence-corrected chi connectivity index (χ1v) is 7.56. The van der Waals surface area contributed by atoms with Crippen molar-refractivity contribution in [1.29, 1.82) is 0 Å². The Bertz CT molecular complexity index is 573. The van der Waals surface area contributed by atoms with Crippen LogP contribution in [-0.4, -0.2) is 42.3 Å². The second-order valence-electron chi connectivity index (χ2n) is 4.80. The lowest BCUT2D eigenvalue weighted by Gasteiger charge is -2.29. The van der Waals surface area contributed by atoms with Crippen molar-refractivity contribution < 1.29 is 19.1 Å². The number of likely N-dealkylation sites (tertiary alicyclic amines) is 1. The van der Waals surface area contributed by atoms with E-state index < -0.39 is 11.9 Å². The number of amides is 1. The van der Waals surface area contributed by atoms with E-state index in [4.69, 9.17) is 4.74 Å². The maximum Gasteiger partial charge on any atom is 0.316 e. The summed E-state index contributed by atoms with van der Waals surface area (Å²) in [4.78, 5) is 37.5. The largest absolute Gasteiger partial charge is 0.465 e. The summed E-state index contributed by atoms with van der Waals surface area (Å²) in [6.07, 6.45) is 0.317. The Morgan fingerprint density at radius 1 is 1.43 bits per heavy atom. The number of hydrogen-bond acceptors (Lipinski definition) is 4. The molecular weight excluding hydrogens is 338 g/mol. The predicted molar refractivity (Wildman–Crippen MR) is 79.8 cm³/mol. The van der Waals surface area contributed by atoms with Gasteiger partial charge in [0, 0.05) is 16.6 Å². The molecule has 1 fully saturated rings. The van der Waals surface area contributed by atoms with Crippen molar-refractivity contribution in [2.24, 2.45) is 5.92 Å². The molecule has 0 radical (unpaired) electrons. The normalized spacial score (nSPS) is 18.5. The maximum absolute atomic E-state index is 12.3. The molecule has 112 valence electrons. The van der Waals surface area contributed by atoms with E-state index in [1.54, 1.807) is 25.1 Å². The van der Waals surface area contributed by atoms with Gasteiger partial charge in [-0.15, -0.1) is 0 Å². The molecule has 1 heterocycles. The Hall–Kier alpha value is -1.69. The average Bonchev–Trinajstić information content (AvgIpc) is 2.46. The van der Waals surface area contributed by atoms with Gasteiger partial charge in [-0.2, -0.15) is 0 Å². The summed E-state index contributed by atoms with van der Waals surface area (Å²) in [6.45, 7) is 2.28. The maximum atomic E-state index is 12.3. The van der Waals surface area contributed by atoms with Gasteiger partial charge in [-0.3, -0.25) is 14.4 Å². The molecule has 1 aliphatic rings. The Balaban J connectivity index is 2.04. The number of ether oxygens (including phenoxy) is 1. The second kappa shape index (κ2) is 6.85. The third kappa shape index (κ3) is 3.69. The van der Waals surface area contributed by atoms with Crippen LogP contribution in [0.1, 0.15) is 23.7 Å². The molecule has 0 bridgehead atoms. The minimum atomic E-state index is -0.739. The van der Waals surface area contributed by atoms with Crippen LogP contribution in [0.25, 0.3) is 0 Å². The van der Waals surface area contributed by atoms with Crippen LogP contribution < -0.4 is 0 Å². The van der Waals surface area contributed by atoms with E-state index >= 15 is 0 Å². The van der Waals surface area contributed by atoms with Gasteiger partial charge < -0.3 is 9.64 Å². The van der Waals surface area contributed by atoms with Gasteiger partial charge in [-0.25, -0.2) is 0 Å². The Morgan fingerprint density at radius 3 is 2.81 bits per heavy atom. The molecule has 1 unspecified atom stereocenters. The minimum absolute atomic E-state index is 0.0468. The molecule has 1 aromatic carbocycles. The number of rotatable bonds is 3. The summed E-state index contributed by atoms with van der Waals surface area (Å²) in [5.74, 6) is -1.69. The molecule has 0 spiro atoms. The van der Waals surface area contributed by atoms with E-state index in [9.17, 15) is 14.4 Å². The minimum Gasteiger partial charge on any atom is -0.465 e. The van der Waals surface area contributed by atoms with Crippen molar-refractivity contribution >= 4 is 33.6 Å². The number of ketones is 1. The molecule has 2 rings (SSSR count). The van der Waals surface area contributed by atoms with Crippen LogP contribution in [0.4, 0.5) is 0 Å². The van der Waals surface area contributed by atoms with Gasteiger partial charge in [0.2, 0.25) is 0 Å². The zero-order valence-corrected chi connectivity index (χ0v) is 13.3. The van der Waals surface area contributed by atoms with Crippen molar-refractivity contribution in [3.8, 4) is 0 Å². The SMILES string of the molecule is CCOC(=O)C1CCN(C(=O)c2cccc(Br)c2)CC1=O. The number of nitrogens with zero attached hydrogens (tertiary/aromatic N) is 1. The van der Waals surface area contributed by atoms with Crippen molar-refractivity contribution in [3.05, 3.63) is 34.3 Å². The van der Waals surface area contributed by atoms with Crippen molar-refractivity contribution in [3.63, 3.8) is 0 Å². The summed E-state index contributed by atoms with van der Waals surface area (Å²) in [5, 5.41) is 0. The zero-order chi connectivity index (χ0) is 15.4. The first-order chi connectivity index (χ1) is 10.0. The highest BCUT2D eigenvalue weighted by molar-refractivity contribution is 9.10. The van der Waals surface area contributed by atoms with Crippen molar-refractivity contribution in [2.75, 3.05) is 19.7 Å². The average molecular weight is 354 g/mol. The van der Waals surface area contributed by atoms with E-state index in [2.05, 4.69) is 15.9 Å². The molecule has 0 aliphatic carbocycles. The van der Waals surface area contributed by atoms with E-state index in [1.165, 1.54) is 4.90 Å². The van der Waals surface area contributed by atoms with E-state index in [-0.39, 0.29) is 24.8 Å². The van der Waals surface area contributed by atoms with E-state index in [0.717, 1.165) is 4.47 Å². The van der Waals surface area contributed by atoms with Crippen molar-refractivity contribution in [1.82, 2.24) is 4.90 Å². The summed E-state index contributed by atoms with van der Waals surface area (Å²) in [7, 11) is 0. The van der Waals surface area contributed by atoms with E-state index in [0.29, 0.717) is 18.5 Å². The Labute approximate surface area is 131 Å². The highest BCUT2D eigenvalue weighted by Gasteiger charge is 2.35.